The molecule has 1 amide bonds. The van der Waals surface area contributed by atoms with E-state index in [1.165, 1.54) is 18.1 Å². The van der Waals surface area contributed by atoms with Crippen LogP contribution in [0, 0.1) is 5.92 Å². The number of carbonyl (C=O) groups excluding carboxylic acids is 2. The molecular formula is C13H16BrNO4. The molecule has 1 rings (SSSR count). The molecule has 0 aliphatic heterocycles. The minimum atomic E-state index is -0.356. The minimum Gasteiger partial charge on any atom is -0.469 e. The first-order chi connectivity index (χ1) is 8.93. The van der Waals surface area contributed by atoms with Crippen LogP contribution in [0.1, 0.15) is 12.7 Å². The molecule has 1 atom stereocenters. The zero-order valence-corrected chi connectivity index (χ0v) is 12.6. The number of furan rings is 1. The van der Waals surface area contributed by atoms with Crippen molar-refractivity contribution in [2.45, 2.75) is 6.92 Å². The van der Waals surface area contributed by atoms with E-state index in [-0.39, 0.29) is 17.8 Å². The Balaban J connectivity index is 2.53. The molecule has 0 spiro atoms. The van der Waals surface area contributed by atoms with E-state index in [0.29, 0.717) is 17.0 Å². The van der Waals surface area contributed by atoms with Gasteiger partial charge in [-0.25, -0.2) is 0 Å². The molecule has 1 heterocycles. The maximum atomic E-state index is 11.8. The average Bonchev–Trinajstić information content (AvgIpc) is 2.80. The van der Waals surface area contributed by atoms with Crippen LogP contribution in [-0.2, 0) is 14.3 Å². The van der Waals surface area contributed by atoms with E-state index in [9.17, 15) is 9.59 Å². The van der Waals surface area contributed by atoms with Gasteiger partial charge in [0.15, 0.2) is 4.67 Å². The number of carbonyl (C=O) groups is 2. The molecule has 0 saturated heterocycles. The summed E-state index contributed by atoms with van der Waals surface area (Å²) >= 11 is 3.18. The van der Waals surface area contributed by atoms with Gasteiger partial charge in [0.25, 0.3) is 0 Å². The van der Waals surface area contributed by atoms with Gasteiger partial charge in [-0.1, -0.05) is 6.92 Å². The molecule has 6 heteroatoms. The molecule has 0 radical (unpaired) electrons. The summed E-state index contributed by atoms with van der Waals surface area (Å²) < 4.78 is 10.4. The monoisotopic (exact) mass is 329 g/mol. The summed E-state index contributed by atoms with van der Waals surface area (Å²) in [6.07, 6.45) is 2.97. The molecule has 5 nitrogen and oxygen atoms in total. The van der Waals surface area contributed by atoms with Crippen LogP contribution < -0.4 is 0 Å². The summed E-state index contributed by atoms with van der Waals surface area (Å²) in [7, 11) is 2.96. The van der Waals surface area contributed by atoms with E-state index in [0.717, 1.165) is 0 Å². The van der Waals surface area contributed by atoms with Crippen molar-refractivity contribution in [3.05, 3.63) is 28.6 Å². The largest absolute Gasteiger partial charge is 0.469 e. The summed E-state index contributed by atoms with van der Waals surface area (Å²) in [5.41, 5.74) is 0. The highest BCUT2D eigenvalue weighted by Crippen LogP contribution is 2.15. The smallest absolute Gasteiger partial charge is 0.310 e. The molecule has 1 aromatic rings. The van der Waals surface area contributed by atoms with E-state index < -0.39 is 0 Å². The Labute approximate surface area is 120 Å². The van der Waals surface area contributed by atoms with E-state index in [4.69, 9.17) is 4.42 Å². The highest BCUT2D eigenvalue weighted by Gasteiger charge is 2.17. The maximum absolute atomic E-state index is 11.8. The van der Waals surface area contributed by atoms with Crippen molar-refractivity contribution in [3.63, 3.8) is 0 Å². The topological polar surface area (TPSA) is 59.8 Å². The number of rotatable bonds is 5. The Morgan fingerprint density at radius 2 is 2.21 bits per heavy atom. The van der Waals surface area contributed by atoms with Gasteiger partial charge in [-0.3, -0.25) is 9.59 Å². The number of methoxy groups -OCH3 is 1. The van der Waals surface area contributed by atoms with Gasteiger partial charge < -0.3 is 14.1 Å². The summed E-state index contributed by atoms with van der Waals surface area (Å²) in [6, 6.07) is 3.48. The molecular weight excluding hydrogens is 314 g/mol. The summed E-state index contributed by atoms with van der Waals surface area (Å²) in [5, 5.41) is 0. The standard InChI is InChI=1S/C13H16BrNO4/c1-9(13(17)18-3)8-15(2)12(16)7-5-10-4-6-11(14)19-10/h4-7,9H,8H2,1-3H3/b7-5+. The van der Waals surface area contributed by atoms with Gasteiger partial charge in [0.2, 0.25) is 5.91 Å². The van der Waals surface area contributed by atoms with Crippen LogP contribution in [0.4, 0.5) is 0 Å². The Morgan fingerprint density at radius 3 is 2.74 bits per heavy atom. The van der Waals surface area contributed by atoms with Crippen molar-refractivity contribution < 1.29 is 18.7 Å². The van der Waals surface area contributed by atoms with E-state index >= 15 is 0 Å². The number of amides is 1. The molecule has 19 heavy (non-hydrogen) atoms. The molecule has 0 N–H and O–H groups in total. The van der Waals surface area contributed by atoms with Crippen molar-refractivity contribution in [1.82, 2.24) is 4.90 Å². The van der Waals surface area contributed by atoms with Gasteiger partial charge >= 0.3 is 5.97 Å². The quantitative estimate of drug-likeness (QED) is 0.614. The second-order valence-electron chi connectivity index (χ2n) is 4.12. The molecule has 0 fully saturated rings. The van der Waals surface area contributed by atoms with Gasteiger partial charge in [0, 0.05) is 19.7 Å². The number of esters is 1. The van der Waals surface area contributed by atoms with Crippen molar-refractivity contribution in [3.8, 4) is 0 Å². The molecule has 1 unspecified atom stereocenters. The molecule has 104 valence electrons. The number of halogens is 1. The highest BCUT2D eigenvalue weighted by molar-refractivity contribution is 9.10. The van der Waals surface area contributed by atoms with Crippen molar-refractivity contribution in [2.75, 3.05) is 20.7 Å². The van der Waals surface area contributed by atoms with Gasteiger partial charge in [-0.05, 0) is 34.1 Å². The van der Waals surface area contributed by atoms with Crippen molar-refractivity contribution in [2.24, 2.45) is 5.92 Å². The molecule has 0 aromatic carbocycles. The number of hydrogen-bond donors (Lipinski definition) is 0. The number of hydrogen-bond acceptors (Lipinski definition) is 4. The third-order valence-electron chi connectivity index (χ3n) is 2.51. The average molecular weight is 330 g/mol. The van der Waals surface area contributed by atoms with Crippen LogP contribution in [0.25, 0.3) is 6.08 Å². The molecule has 0 aliphatic carbocycles. The van der Waals surface area contributed by atoms with Gasteiger partial charge in [-0.15, -0.1) is 0 Å². The first-order valence-electron chi connectivity index (χ1n) is 5.70. The number of likely N-dealkylation sites (N-methyl/N-ethyl adjacent to an activating group) is 1. The Hall–Kier alpha value is -1.56. The van der Waals surface area contributed by atoms with Crippen LogP contribution in [0.15, 0.2) is 27.3 Å². The first-order valence-corrected chi connectivity index (χ1v) is 6.49. The third kappa shape index (κ3) is 4.90. The van der Waals surface area contributed by atoms with Crippen LogP contribution >= 0.6 is 15.9 Å². The van der Waals surface area contributed by atoms with Crippen LogP contribution in [-0.4, -0.2) is 37.5 Å². The zero-order chi connectivity index (χ0) is 14.4. The lowest BCUT2D eigenvalue weighted by atomic mass is 10.2. The molecule has 0 bridgehead atoms. The van der Waals surface area contributed by atoms with Gasteiger partial charge in [-0.2, -0.15) is 0 Å². The SMILES string of the molecule is COC(=O)C(C)CN(C)C(=O)/C=C/c1ccc(Br)o1. The predicted octanol–water partition coefficient (Wildman–Crippen LogP) is 2.32. The summed E-state index contributed by atoms with van der Waals surface area (Å²) in [5.74, 6) is -0.318. The molecule has 0 saturated carbocycles. The lowest BCUT2D eigenvalue weighted by Gasteiger charge is -2.18. The van der Waals surface area contributed by atoms with Gasteiger partial charge in [0.05, 0.1) is 13.0 Å². The summed E-state index contributed by atoms with van der Waals surface area (Å²) in [6.45, 7) is 2.01. The van der Waals surface area contributed by atoms with Crippen molar-refractivity contribution in [1.29, 1.82) is 0 Å². The maximum Gasteiger partial charge on any atom is 0.310 e. The van der Waals surface area contributed by atoms with E-state index in [1.807, 2.05) is 0 Å². The number of nitrogens with zero attached hydrogens (tertiary/aromatic N) is 1. The van der Waals surface area contributed by atoms with Crippen LogP contribution in [0.2, 0.25) is 0 Å². The van der Waals surface area contributed by atoms with E-state index in [1.54, 1.807) is 32.2 Å². The fraction of sp³-hybridized carbons (Fsp3) is 0.385. The minimum absolute atomic E-state index is 0.205. The Bertz CT molecular complexity index is 481. The fourth-order valence-electron chi connectivity index (χ4n) is 1.47. The lowest BCUT2D eigenvalue weighted by Crippen LogP contribution is -2.33. The lowest BCUT2D eigenvalue weighted by molar-refractivity contribution is -0.145. The van der Waals surface area contributed by atoms with Gasteiger partial charge in [0.1, 0.15) is 5.76 Å². The first kappa shape index (κ1) is 15.5. The zero-order valence-electron chi connectivity index (χ0n) is 11.1. The second-order valence-corrected chi connectivity index (χ2v) is 4.90. The third-order valence-corrected chi connectivity index (χ3v) is 2.94. The Morgan fingerprint density at radius 1 is 1.53 bits per heavy atom. The normalized spacial score (nSPS) is 12.4. The van der Waals surface area contributed by atoms with Crippen molar-refractivity contribution >= 4 is 33.9 Å². The molecule has 1 aromatic heterocycles. The second kappa shape index (κ2) is 7.13. The molecule has 0 aliphatic rings. The van der Waals surface area contributed by atoms with Crippen LogP contribution in [0.5, 0.6) is 0 Å². The highest BCUT2D eigenvalue weighted by atomic mass is 79.9. The fourth-order valence-corrected chi connectivity index (χ4v) is 1.79. The van der Waals surface area contributed by atoms with E-state index in [2.05, 4.69) is 20.7 Å². The van der Waals surface area contributed by atoms with Crippen LogP contribution in [0.3, 0.4) is 0 Å². The Kier molecular flexibility index (Phi) is 5.82. The number of ether oxygens (including phenoxy) is 1. The summed E-state index contributed by atoms with van der Waals surface area (Å²) in [4.78, 5) is 24.5. The predicted molar refractivity (Wildman–Crippen MR) is 74.3 cm³/mol.